The number of aromatic nitrogens is 2. The number of rotatable bonds is 3. The topological polar surface area (TPSA) is 41.3 Å². The third-order valence-electron chi connectivity index (χ3n) is 4.67. The molecule has 1 atom stereocenters. The second-order valence-corrected chi connectivity index (χ2v) is 6.34. The zero-order chi connectivity index (χ0) is 14.9. The number of aryl methyl sites for hydroxylation is 1. The summed E-state index contributed by atoms with van der Waals surface area (Å²) >= 11 is 0. The van der Waals surface area contributed by atoms with E-state index in [0.29, 0.717) is 6.42 Å². The second kappa shape index (κ2) is 5.78. The highest BCUT2D eigenvalue weighted by atomic mass is 16.3. The Morgan fingerprint density at radius 3 is 2.86 bits per heavy atom. The van der Waals surface area contributed by atoms with Crippen LogP contribution in [0.2, 0.25) is 0 Å². The van der Waals surface area contributed by atoms with E-state index in [9.17, 15) is 5.11 Å². The van der Waals surface area contributed by atoms with Crippen molar-refractivity contribution < 1.29 is 5.11 Å². The first kappa shape index (κ1) is 14.5. The fourth-order valence-corrected chi connectivity index (χ4v) is 3.37. The lowest BCUT2D eigenvalue weighted by Crippen LogP contribution is -2.33. The van der Waals surface area contributed by atoms with Gasteiger partial charge in [0, 0.05) is 24.9 Å². The largest absolute Gasteiger partial charge is 0.389 e. The summed E-state index contributed by atoms with van der Waals surface area (Å²) in [6.45, 7) is 5.01. The summed E-state index contributed by atoms with van der Waals surface area (Å²) in [6, 6.07) is 8.34. The summed E-state index contributed by atoms with van der Waals surface area (Å²) in [5, 5.41) is 16.9. The molecule has 0 aliphatic carbocycles. The molecule has 1 fully saturated rings. The molecule has 1 aromatic heterocycles. The van der Waals surface area contributed by atoms with Gasteiger partial charge in [0.2, 0.25) is 0 Å². The number of nitrogens with zero attached hydrogens (tertiary/aromatic N) is 3. The Labute approximate surface area is 126 Å². The number of aliphatic hydroxyl groups is 1. The van der Waals surface area contributed by atoms with Crippen molar-refractivity contribution in [2.24, 2.45) is 0 Å². The molecule has 21 heavy (non-hydrogen) atoms. The molecule has 3 rings (SSSR count). The van der Waals surface area contributed by atoms with Crippen LogP contribution in [0.15, 0.2) is 24.3 Å². The number of hydrogen-bond acceptors (Lipinski definition) is 3. The molecule has 1 aliphatic rings. The van der Waals surface area contributed by atoms with Gasteiger partial charge in [-0.1, -0.05) is 18.2 Å². The van der Waals surface area contributed by atoms with Crippen LogP contribution in [0.5, 0.6) is 0 Å². The Kier molecular flexibility index (Phi) is 4.00. The Bertz CT molecular complexity index is 622. The summed E-state index contributed by atoms with van der Waals surface area (Å²) in [5.74, 6) is 0. The fourth-order valence-electron chi connectivity index (χ4n) is 3.37. The van der Waals surface area contributed by atoms with Crippen LogP contribution in [-0.4, -0.2) is 45.5 Å². The molecule has 1 N–H and O–H groups in total. The van der Waals surface area contributed by atoms with E-state index in [1.54, 1.807) is 0 Å². The summed E-state index contributed by atoms with van der Waals surface area (Å²) in [5.41, 5.74) is 1.60. The summed E-state index contributed by atoms with van der Waals surface area (Å²) in [6.07, 6.45) is 3.41. The molecule has 0 amide bonds. The van der Waals surface area contributed by atoms with Crippen molar-refractivity contribution in [2.75, 3.05) is 20.1 Å². The molecule has 0 radical (unpaired) electrons. The van der Waals surface area contributed by atoms with Gasteiger partial charge in [0.05, 0.1) is 16.8 Å². The fraction of sp³-hybridized carbons (Fsp3) is 0.588. The van der Waals surface area contributed by atoms with Gasteiger partial charge < -0.3 is 10.0 Å². The molecule has 0 spiro atoms. The van der Waals surface area contributed by atoms with E-state index < -0.39 is 5.60 Å². The molecule has 2 heterocycles. The molecule has 2 aromatic rings. The molecule has 4 heteroatoms. The zero-order valence-corrected chi connectivity index (χ0v) is 13.0. The van der Waals surface area contributed by atoms with Crippen LogP contribution < -0.4 is 0 Å². The van der Waals surface area contributed by atoms with Crippen molar-refractivity contribution in [1.82, 2.24) is 14.7 Å². The quantitative estimate of drug-likeness (QED) is 0.943. The zero-order valence-electron chi connectivity index (χ0n) is 13.0. The highest BCUT2D eigenvalue weighted by molar-refractivity contribution is 5.82. The lowest BCUT2D eigenvalue weighted by molar-refractivity contribution is 0.0255. The van der Waals surface area contributed by atoms with E-state index in [2.05, 4.69) is 43.1 Å². The maximum absolute atomic E-state index is 11.0. The van der Waals surface area contributed by atoms with Crippen molar-refractivity contribution in [3.8, 4) is 0 Å². The van der Waals surface area contributed by atoms with E-state index in [0.717, 1.165) is 44.6 Å². The highest BCUT2D eigenvalue weighted by Gasteiger charge is 2.31. The van der Waals surface area contributed by atoms with Gasteiger partial charge >= 0.3 is 0 Å². The van der Waals surface area contributed by atoms with E-state index >= 15 is 0 Å². The smallest absolute Gasteiger partial charge is 0.0732 e. The third kappa shape index (κ3) is 2.97. The molecular formula is C17H25N3O. The minimum absolute atomic E-state index is 0.611. The number of hydrogen-bond donors (Lipinski definition) is 1. The van der Waals surface area contributed by atoms with Crippen LogP contribution in [-0.2, 0) is 13.0 Å². The first-order valence-corrected chi connectivity index (χ1v) is 7.97. The molecule has 1 aromatic carbocycles. The van der Waals surface area contributed by atoms with Gasteiger partial charge in [-0.15, -0.1) is 0 Å². The lowest BCUT2D eigenvalue weighted by Gasteiger charge is -2.25. The van der Waals surface area contributed by atoms with E-state index in [4.69, 9.17) is 5.10 Å². The van der Waals surface area contributed by atoms with Crippen molar-refractivity contribution in [3.63, 3.8) is 0 Å². The van der Waals surface area contributed by atoms with Gasteiger partial charge in [-0.2, -0.15) is 5.10 Å². The van der Waals surface area contributed by atoms with Crippen LogP contribution >= 0.6 is 0 Å². The summed E-state index contributed by atoms with van der Waals surface area (Å²) in [7, 11) is 2.13. The molecule has 1 saturated heterocycles. The molecule has 114 valence electrons. The van der Waals surface area contributed by atoms with Crippen LogP contribution in [0.4, 0.5) is 0 Å². The summed E-state index contributed by atoms with van der Waals surface area (Å²) in [4.78, 5) is 2.31. The van der Waals surface area contributed by atoms with Gasteiger partial charge in [-0.25, -0.2) is 0 Å². The first-order valence-electron chi connectivity index (χ1n) is 7.97. The van der Waals surface area contributed by atoms with Gasteiger partial charge in [0.1, 0.15) is 0 Å². The molecule has 1 unspecified atom stereocenters. The third-order valence-corrected chi connectivity index (χ3v) is 4.67. The van der Waals surface area contributed by atoms with Gasteiger partial charge in [0.15, 0.2) is 0 Å². The normalized spacial score (nSPS) is 24.3. The maximum atomic E-state index is 11.0. The first-order chi connectivity index (χ1) is 10.1. The summed E-state index contributed by atoms with van der Waals surface area (Å²) < 4.78 is 2.04. The Morgan fingerprint density at radius 2 is 2.05 bits per heavy atom. The predicted octanol–water partition coefficient (Wildman–Crippen LogP) is 2.45. The standard InChI is InChI=1S/C17H25N3O/c1-3-20-16-8-5-4-7-14(16)15(18-20)13-17(21)9-6-11-19(2)12-10-17/h4-5,7-8,21H,3,6,9-13H2,1-2H3. The Balaban J connectivity index is 1.90. The van der Waals surface area contributed by atoms with Crippen molar-refractivity contribution in [1.29, 1.82) is 0 Å². The average molecular weight is 287 g/mol. The average Bonchev–Trinajstić information content (AvgIpc) is 2.74. The van der Waals surface area contributed by atoms with Crippen molar-refractivity contribution >= 4 is 10.9 Å². The Hall–Kier alpha value is -1.39. The number of fused-ring (bicyclic) bond motifs is 1. The molecule has 0 saturated carbocycles. The minimum Gasteiger partial charge on any atom is -0.389 e. The van der Waals surface area contributed by atoms with Crippen LogP contribution in [0.25, 0.3) is 10.9 Å². The number of likely N-dealkylation sites (tertiary alicyclic amines) is 1. The van der Waals surface area contributed by atoms with Crippen LogP contribution in [0.3, 0.4) is 0 Å². The molecular weight excluding hydrogens is 262 g/mol. The lowest BCUT2D eigenvalue weighted by atomic mass is 9.89. The van der Waals surface area contributed by atoms with E-state index in [1.165, 1.54) is 10.9 Å². The predicted molar refractivity (Wildman–Crippen MR) is 85.4 cm³/mol. The monoisotopic (exact) mass is 287 g/mol. The number of benzene rings is 1. The van der Waals surface area contributed by atoms with Crippen LogP contribution in [0.1, 0.15) is 31.9 Å². The van der Waals surface area contributed by atoms with E-state index in [-0.39, 0.29) is 0 Å². The second-order valence-electron chi connectivity index (χ2n) is 6.34. The minimum atomic E-state index is -0.611. The SMILES string of the molecule is CCn1nc(CC2(O)CCCN(C)CC2)c2ccccc21. The van der Waals surface area contributed by atoms with Gasteiger partial charge in [-0.3, -0.25) is 4.68 Å². The Morgan fingerprint density at radius 1 is 1.24 bits per heavy atom. The number of para-hydroxylation sites is 1. The molecule has 0 bridgehead atoms. The van der Waals surface area contributed by atoms with Gasteiger partial charge in [0.25, 0.3) is 0 Å². The molecule has 1 aliphatic heterocycles. The van der Waals surface area contributed by atoms with E-state index in [1.807, 2.05) is 4.68 Å². The highest BCUT2D eigenvalue weighted by Crippen LogP contribution is 2.29. The van der Waals surface area contributed by atoms with Crippen molar-refractivity contribution in [3.05, 3.63) is 30.0 Å². The van der Waals surface area contributed by atoms with Crippen molar-refractivity contribution in [2.45, 2.75) is 44.8 Å². The van der Waals surface area contributed by atoms with Crippen LogP contribution in [0, 0.1) is 0 Å². The molecule has 4 nitrogen and oxygen atoms in total. The van der Waals surface area contributed by atoms with Gasteiger partial charge in [-0.05, 0) is 45.8 Å². The maximum Gasteiger partial charge on any atom is 0.0732 e.